The molecule has 1 N–H and O–H groups in total. The van der Waals surface area contributed by atoms with Crippen LogP contribution < -0.4 is 4.90 Å². The maximum absolute atomic E-state index is 14.1. The van der Waals surface area contributed by atoms with E-state index in [1.165, 1.54) is 42.3 Å². The predicted molar refractivity (Wildman–Crippen MR) is 157 cm³/mol. The summed E-state index contributed by atoms with van der Waals surface area (Å²) in [5.74, 6) is -2.15. The molecule has 0 atom stereocenters. The number of nitrogens with zero attached hydrogens (tertiary/aromatic N) is 4. The number of aromatic carboxylic acids is 1. The number of amides is 1. The number of hydrogen-bond acceptors (Lipinski definition) is 6. The minimum atomic E-state index is -4.53. The van der Waals surface area contributed by atoms with Gasteiger partial charge in [0.05, 0.1) is 21.8 Å². The molecule has 2 aromatic heterocycles. The van der Waals surface area contributed by atoms with Gasteiger partial charge in [-0.25, -0.2) is 14.2 Å². The summed E-state index contributed by atoms with van der Waals surface area (Å²) >= 11 is 1.08. The number of benzene rings is 3. The number of rotatable bonds is 8. The summed E-state index contributed by atoms with van der Waals surface area (Å²) < 4.78 is 60.0. The lowest BCUT2D eigenvalue weighted by atomic mass is 10.0. The van der Waals surface area contributed by atoms with E-state index in [-0.39, 0.29) is 28.9 Å². The fourth-order valence-electron chi connectivity index (χ4n) is 4.66. The maximum atomic E-state index is 14.1. The molecule has 44 heavy (non-hydrogen) atoms. The molecule has 0 aliphatic carbocycles. The number of methoxy groups -OCH3 is 1. The van der Waals surface area contributed by atoms with Crippen LogP contribution in [0.5, 0.6) is 0 Å². The van der Waals surface area contributed by atoms with Gasteiger partial charge in [-0.3, -0.25) is 4.79 Å². The van der Waals surface area contributed by atoms with E-state index in [1.54, 1.807) is 44.3 Å². The minimum Gasteiger partial charge on any atom is -0.476 e. The van der Waals surface area contributed by atoms with Crippen molar-refractivity contribution in [1.29, 1.82) is 0 Å². The highest BCUT2D eigenvalue weighted by Crippen LogP contribution is 2.41. The quantitative estimate of drug-likeness (QED) is 0.185. The Morgan fingerprint density at radius 1 is 1.00 bits per heavy atom. The minimum absolute atomic E-state index is 0.110. The third-order valence-corrected chi connectivity index (χ3v) is 7.90. The summed E-state index contributed by atoms with van der Waals surface area (Å²) in [6.45, 7) is 1.48. The lowest BCUT2D eigenvalue weighted by Crippen LogP contribution is -2.29. The molecule has 0 unspecified atom stereocenters. The Balaban J connectivity index is 1.67. The fourth-order valence-corrected chi connectivity index (χ4v) is 5.71. The number of thiazole rings is 1. The monoisotopic (exact) mass is 624 g/mol. The second-order valence-corrected chi connectivity index (χ2v) is 10.7. The maximum Gasteiger partial charge on any atom is 0.416 e. The number of carbonyl (C=O) groups is 2. The lowest BCUT2D eigenvalue weighted by Gasteiger charge is -2.17. The van der Waals surface area contributed by atoms with Crippen LogP contribution in [-0.2, 0) is 15.7 Å². The van der Waals surface area contributed by atoms with Crippen molar-refractivity contribution >= 4 is 28.9 Å². The Kier molecular flexibility index (Phi) is 8.35. The molecule has 3 aromatic carbocycles. The van der Waals surface area contributed by atoms with Crippen molar-refractivity contribution in [2.24, 2.45) is 0 Å². The highest BCUT2D eigenvalue weighted by molar-refractivity contribution is 7.18. The molecule has 0 spiro atoms. The van der Waals surface area contributed by atoms with Gasteiger partial charge in [0.2, 0.25) is 5.13 Å². The van der Waals surface area contributed by atoms with E-state index in [0.717, 1.165) is 28.2 Å². The van der Waals surface area contributed by atoms with Gasteiger partial charge in [-0.05, 0) is 54.4 Å². The normalized spacial score (nSPS) is 11.5. The number of likely N-dealkylation sites (N-methyl/N-ethyl adjacent to an activating group) is 1. The summed E-state index contributed by atoms with van der Waals surface area (Å²) in [6.07, 6.45) is -4.53. The zero-order valence-electron chi connectivity index (χ0n) is 23.5. The highest BCUT2D eigenvalue weighted by atomic mass is 32.1. The standard InChI is InChI=1S/C31H24F4N4O4S/c1-17-25(20-5-4-6-22(32)15-20)27(29(41)42)39(37-17)30-36-26(18-7-11-21(12-8-18)31(33,34)35)28(44-30)19-9-13-23(14-10-19)38(2)24(40)16-43-3/h4-15H,16H2,1-3H3,(H,41,42). The molecular formula is C31H24F4N4O4S. The number of halogens is 4. The summed E-state index contributed by atoms with van der Waals surface area (Å²) in [6, 6.07) is 16.8. The van der Waals surface area contributed by atoms with E-state index < -0.39 is 23.5 Å². The van der Waals surface area contributed by atoms with Gasteiger partial charge in [0.15, 0.2) is 5.69 Å². The second-order valence-electron chi connectivity index (χ2n) is 9.72. The summed E-state index contributed by atoms with van der Waals surface area (Å²) in [4.78, 5) is 31.4. The molecule has 0 fully saturated rings. The van der Waals surface area contributed by atoms with Gasteiger partial charge < -0.3 is 14.7 Å². The zero-order valence-corrected chi connectivity index (χ0v) is 24.3. The van der Waals surface area contributed by atoms with Crippen molar-refractivity contribution in [1.82, 2.24) is 14.8 Å². The first-order chi connectivity index (χ1) is 20.9. The van der Waals surface area contributed by atoms with Crippen LogP contribution in [0.15, 0.2) is 72.8 Å². The first kappa shape index (κ1) is 30.6. The van der Waals surface area contributed by atoms with E-state index in [4.69, 9.17) is 4.74 Å². The molecule has 5 rings (SSSR count). The topological polar surface area (TPSA) is 97.6 Å². The molecule has 0 bridgehead atoms. The number of ether oxygens (including phenoxy) is 1. The third-order valence-electron chi connectivity index (χ3n) is 6.82. The van der Waals surface area contributed by atoms with Gasteiger partial charge in [0.25, 0.3) is 5.91 Å². The van der Waals surface area contributed by atoms with Gasteiger partial charge in [0, 0.05) is 31.0 Å². The molecule has 1 amide bonds. The van der Waals surface area contributed by atoms with Crippen LogP contribution >= 0.6 is 11.3 Å². The highest BCUT2D eigenvalue weighted by Gasteiger charge is 2.31. The number of carboxylic acids is 1. The van der Waals surface area contributed by atoms with E-state index in [1.807, 2.05) is 0 Å². The van der Waals surface area contributed by atoms with Gasteiger partial charge in [-0.15, -0.1) is 0 Å². The lowest BCUT2D eigenvalue weighted by molar-refractivity contribution is -0.137. The van der Waals surface area contributed by atoms with Gasteiger partial charge in [-0.2, -0.15) is 23.0 Å². The molecule has 0 saturated heterocycles. The number of aromatic nitrogens is 3. The molecular weight excluding hydrogens is 600 g/mol. The Bertz CT molecular complexity index is 1850. The smallest absolute Gasteiger partial charge is 0.416 e. The molecule has 226 valence electrons. The number of hydrogen-bond donors (Lipinski definition) is 1. The van der Waals surface area contributed by atoms with Crippen LogP contribution in [0.1, 0.15) is 21.7 Å². The molecule has 2 heterocycles. The third kappa shape index (κ3) is 5.96. The van der Waals surface area contributed by atoms with E-state index in [0.29, 0.717) is 38.6 Å². The Labute approximate surface area is 252 Å². The molecule has 13 heteroatoms. The molecule has 0 radical (unpaired) electrons. The zero-order chi connectivity index (χ0) is 31.8. The first-order valence-electron chi connectivity index (χ1n) is 13.0. The van der Waals surface area contributed by atoms with Crippen molar-refractivity contribution in [3.8, 4) is 38.0 Å². The summed E-state index contributed by atoms with van der Waals surface area (Å²) in [7, 11) is 3.01. The molecule has 0 aliphatic heterocycles. The predicted octanol–water partition coefficient (Wildman–Crippen LogP) is 7.10. The SMILES string of the molecule is COCC(=O)N(C)c1ccc(-c2sc(-n3nc(C)c(-c4cccc(F)c4)c3C(=O)O)nc2-c2ccc(C(F)(F)F)cc2)cc1. The Morgan fingerprint density at radius 2 is 1.66 bits per heavy atom. The van der Waals surface area contributed by atoms with Crippen LogP contribution in [0.3, 0.4) is 0 Å². The number of carbonyl (C=O) groups excluding carboxylic acids is 1. The van der Waals surface area contributed by atoms with Crippen LogP contribution in [0.25, 0.3) is 38.0 Å². The van der Waals surface area contributed by atoms with Crippen molar-refractivity contribution < 1.29 is 37.0 Å². The van der Waals surface area contributed by atoms with Crippen LogP contribution in [-0.4, -0.2) is 52.5 Å². The van der Waals surface area contributed by atoms with E-state index >= 15 is 0 Å². The molecule has 0 saturated carbocycles. The summed E-state index contributed by atoms with van der Waals surface area (Å²) in [5, 5.41) is 14.8. The fraction of sp³-hybridized carbons (Fsp3) is 0.161. The van der Waals surface area contributed by atoms with Crippen molar-refractivity contribution in [3.63, 3.8) is 0 Å². The average Bonchev–Trinajstić information content (AvgIpc) is 3.58. The molecule has 0 aliphatic rings. The number of alkyl halides is 3. The van der Waals surface area contributed by atoms with E-state index in [2.05, 4.69) is 10.1 Å². The van der Waals surface area contributed by atoms with Gasteiger partial charge >= 0.3 is 12.1 Å². The molecule has 5 aromatic rings. The van der Waals surface area contributed by atoms with Crippen molar-refractivity contribution in [2.45, 2.75) is 13.1 Å². The molecule has 8 nitrogen and oxygen atoms in total. The van der Waals surface area contributed by atoms with Crippen LogP contribution in [0.2, 0.25) is 0 Å². The van der Waals surface area contributed by atoms with Crippen LogP contribution in [0, 0.1) is 12.7 Å². The van der Waals surface area contributed by atoms with E-state index in [9.17, 15) is 32.3 Å². The Hall–Kier alpha value is -4.88. The Morgan fingerprint density at radius 3 is 2.25 bits per heavy atom. The average molecular weight is 625 g/mol. The van der Waals surface area contributed by atoms with Gasteiger partial charge in [0.1, 0.15) is 12.4 Å². The largest absolute Gasteiger partial charge is 0.476 e. The van der Waals surface area contributed by atoms with Gasteiger partial charge in [-0.1, -0.05) is 47.7 Å². The summed E-state index contributed by atoms with van der Waals surface area (Å²) in [5.41, 5.74) is 1.60. The number of carboxylic acid groups (broad SMARTS) is 1. The van der Waals surface area contributed by atoms with Crippen LogP contribution in [0.4, 0.5) is 23.2 Å². The first-order valence-corrected chi connectivity index (χ1v) is 13.8. The number of anilines is 1. The number of aryl methyl sites for hydroxylation is 1. The van der Waals surface area contributed by atoms with Crippen molar-refractivity contribution in [2.75, 3.05) is 25.7 Å². The van der Waals surface area contributed by atoms with Crippen molar-refractivity contribution in [3.05, 3.63) is 95.6 Å². The second kappa shape index (κ2) is 12.0.